The molecule has 104 valence electrons. The maximum absolute atomic E-state index is 5.56. The number of hydrazine groups is 1. The van der Waals surface area contributed by atoms with Crippen molar-refractivity contribution in [2.24, 2.45) is 5.84 Å². The van der Waals surface area contributed by atoms with Crippen LogP contribution in [0.5, 0.6) is 0 Å². The number of aromatic nitrogens is 2. The fourth-order valence-electron chi connectivity index (χ4n) is 2.71. The van der Waals surface area contributed by atoms with Crippen LogP contribution >= 0.6 is 11.8 Å². The third-order valence-corrected chi connectivity index (χ3v) is 5.12. The van der Waals surface area contributed by atoms with Crippen LogP contribution in [0.15, 0.2) is 0 Å². The molecule has 2 heterocycles. The summed E-state index contributed by atoms with van der Waals surface area (Å²) in [7, 11) is 0. The Labute approximate surface area is 117 Å². The summed E-state index contributed by atoms with van der Waals surface area (Å²) in [6.07, 6.45) is 6.27. The van der Waals surface area contributed by atoms with E-state index in [1.54, 1.807) is 0 Å². The van der Waals surface area contributed by atoms with Crippen LogP contribution in [0.2, 0.25) is 0 Å². The second kappa shape index (κ2) is 6.07. The summed E-state index contributed by atoms with van der Waals surface area (Å²) in [5, 5.41) is 0.789. The fourth-order valence-corrected chi connectivity index (χ4v) is 3.89. The Balaban J connectivity index is 1.73. The quantitative estimate of drug-likeness (QED) is 0.649. The van der Waals surface area contributed by atoms with Crippen LogP contribution < -0.4 is 11.3 Å². The number of hydrogen-bond acceptors (Lipinski definition) is 6. The van der Waals surface area contributed by atoms with E-state index >= 15 is 0 Å². The molecule has 6 heteroatoms. The van der Waals surface area contributed by atoms with Crippen molar-refractivity contribution in [2.45, 2.75) is 49.7 Å². The Hall–Kier alpha value is -0.850. The molecule has 3 N–H and O–H groups in total. The predicted octanol–water partition coefficient (Wildman–Crippen LogP) is 2.01. The van der Waals surface area contributed by atoms with E-state index in [0.717, 1.165) is 46.9 Å². The molecule has 0 bridgehead atoms. The predicted molar refractivity (Wildman–Crippen MR) is 76.8 cm³/mol. The van der Waals surface area contributed by atoms with E-state index < -0.39 is 0 Å². The first-order chi connectivity index (χ1) is 9.36. The molecule has 0 atom stereocenters. The monoisotopic (exact) mass is 280 g/mol. The van der Waals surface area contributed by atoms with Gasteiger partial charge < -0.3 is 10.2 Å². The largest absolute Gasteiger partial charge is 0.376 e. The van der Waals surface area contributed by atoms with E-state index in [9.17, 15) is 0 Å². The molecule has 1 aliphatic carbocycles. The molecule has 1 saturated carbocycles. The maximum Gasteiger partial charge on any atom is 0.149 e. The van der Waals surface area contributed by atoms with Crippen LogP contribution in [-0.2, 0) is 23.5 Å². The third kappa shape index (κ3) is 3.01. The molecule has 2 aliphatic rings. The van der Waals surface area contributed by atoms with Crippen LogP contribution in [0.3, 0.4) is 0 Å². The van der Waals surface area contributed by atoms with Gasteiger partial charge in [-0.1, -0.05) is 12.8 Å². The zero-order chi connectivity index (χ0) is 13.1. The lowest BCUT2D eigenvalue weighted by Crippen LogP contribution is -2.20. The van der Waals surface area contributed by atoms with E-state index in [0.29, 0.717) is 6.61 Å². The SMILES string of the molecule is NNc1nc(CSC2CCCC2)nc2c1COCC2. The van der Waals surface area contributed by atoms with Gasteiger partial charge in [-0.15, -0.1) is 0 Å². The second-order valence-corrected chi connectivity index (χ2v) is 6.37. The standard InChI is InChI=1S/C13H20N4OS/c14-17-13-10-7-18-6-5-11(10)15-12(16-13)8-19-9-3-1-2-4-9/h9H,1-8,14H2,(H,15,16,17). The van der Waals surface area contributed by atoms with Crippen LogP contribution in [-0.4, -0.2) is 21.8 Å². The summed E-state index contributed by atoms with van der Waals surface area (Å²) in [6.45, 7) is 1.30. The first-order valence-electron chi connectivity index (χ1n) is 6.91. The highest BCUT2D eigenvalue weighted by Crippen LogP contribution is 2.31. The molecule has 1 aliphatic heterocycles. The summed E-state index contributed by atoms with van der Waals surface area (Å²) in [4.78, 5) is 9.19. The van der Waals surface area contributed by atoms with E-state index in [4.69, 9.17) is 10.6 Å². The number of nitrogens with one attached hydrogen (secondary N) is 1. The van der Waals surface area contributed by atoms with Crippen molar-refractivity contribution in [1.82, 2.24) is 9.97 Å². The Morgan fingerprint density at radius 3 is 2.95 bits per heavy atom. The van der Waals surface area contributed by atoms with Crippen LogP contribution in [0.1, 0.15) is 42.8 Å². The minimum atomic E-state index is 0.560. The summed E-state index contributed by atoms with van der Waals surface area (Å²) in [5.41, 5.74) is 4.79. The fraction of sp³-hybridized carbons (Fsp3) is 0.692. The molecule has 1 aromatic heterocycles. The number of nitrogens with zero attached hydrogens (tertiary/aromatic N) is 2. The van der Waals surface area contributed by atoms with Crippen molar-refractivity contribution >= 4 is 17.6 Å². The van der Waals surface area contributed by atoms with Crippen LogP contribution in [0.25, 0.3) is 0 Å². The number of rotatable bonds is 4. The topological polar surface area (TPSA) is 73.1 Å². The van der Waals surface area contributed by atoms with Gasteiger partial charge in [-0.2, -0.15) is 11.8 Å². The zero-order valence-corrected chi connectivity index (χ0v) is 11.8. The average Bonchev–Trinajstić information content (AvgIpc) is 2.97. The van der Waals surface area contributed by atoms with E-state index in [1.165, 1.54) is 25.7 Å². The highest BCUT2D eigenvalue weighted by atomic mass is 32.2. The zero-order valence-electron chi connectivity index (χ0n) is 11.0. The molecule has 0 spiro atoms. The first-order valence-corrected chi connectivity index (χ1v) is 7.96. The van der Waals surface area contributed by atoms with Crippen LogP contribution in [0, 0.1) is 0 Å². The van der Waals surface area contributed by atoms with Crippen molar-refractivity contribution in [1.29, 1.82) is 0 Å². The van der Waals surface area contributed by atoms with Gasteiger partial charge >= 0.3 is 0 Å². The molecule has 0 unspecified atom stereocenters. The maximum atomic E-state index is 5.56. The Morgan fingerprint density at radius 2 is 2.16 bits per heavy atom. The Morgan fingerprint density at radius 1 is 1.32 bits per heavy atom. The molecular formula is C13H20N4OS. The van der Waals surface area contributed by atoms with Crippen LogP contribution in [0.4, 0.5) is 5.82 Å². The van der Waals surface area contributed by atoms with Gasteiger partial charge in [0, 0.05) is 17.2 Å². The minimum Gasteiger partial charge on any atom is -0.376 e. The van der Waals surface area contributed by atoms with E-state index in [1.807, 2.05) is 11.8 Å². The van der Waals surface area contributed by atoms with Gasteiger partial charge in [0.05, 0.1) is 24.7 Å². The van der Waals surface area contributed by atoms with E-state index in [2.05, 4.69) is 15.4 Å². The number of nitrogens with two attached hydrogens (primary N) is 1. The second-order valence-electron chi connectivity index (χ2n) is 5.08. The van der Waals surface area contributed by atoms with Crippen molar-refractivity contribution in [2.75, 3.05) is 12.0 Å². The summed E-state index contributed by atoms with van der Waals surface area (Å²) < 4.78 is 5.44. The Kier molecular flexibility index (Phi) is 4.20. The smallest absolute Gasteiger partial charge is 0.149 e. The summed E-state index contributed by atoms with van der Waals surface area (Å²) >= 11 is 1.98. The minimum absolute atomic E-state index is 0.560. The number of thioether (sulfide) groups is 1. The molecule has 0 aromatic carbocycles. The van der Waals surface area contributed by atoms with E-state index in [-0.39, 0.29) is 0 Å². The summed E-state index contributed by atoms with van der Waals surface area (Å²) in [6, 6.07) is 0. The Bertz CT molecular complexity index is 431. The molecular weight excluding hydrogens is 260 g/mol. The molecule has 1 fully saturated rings. The molecule has 0 radical (unpaired) electrons. The summed E-state index contributed by atoms with van der Waals surface area (Å²) in [5.74, 6) is 8.06. The van der Waals surface area contributed by atoms with Gasteiger partial charge in [-0.3, -0.25) is 0 Å². The van der Waals surface area contributed by atoms with Gasteiger partial charge in [-0.25, -0.2) is 15.8 Å². The van der Waals surface area contributed by atoms with Crippen molar-refractivity contribution in [3.63, 3.8) is 0 Å². The van der Waals surface area contributed by atoms with Gasteiger partial charge in [0.15, 0.2) is 0 Å². The lowest BCUT2D eigenvalue weighted by Gasteiger charge is -2.19. The van der Waals surface area contributed by atoms with Gasteiger partial charge in [0.25, 0.3) is 0 Å². The number of nitrogen functional groups attached to an aromatic ring is 1. The third-order valence-electron chi connectivity index (χ3n) is 3.76. The number of ether oxygens (including phenoxy) is 1. The van der Waals surface area contributed by atoms with Gasteiger partial charge in [0.1, 0.15) is 11.6 Å². The highest BCUT2D eigenvalue weighted by Gasteiger charge is 2.19. The van der Waals surface area contributed by atoms with Crippen molar-refractivity contribution in [3.8, 4) is 0 Å². The molecule has 0 saturated heterocycles. The first kappa shape index (κ1) is 13.1. The average molecular weight is 280 g/mol. The molecule has 0 amide bonds. The molecule has 19 heavy (non-hydrogen) atoms. The normalized spacial score (nSPS) is 19.4. The number of anilines is 1. The number of hydrogen-bond donors (Lipinski definition) is 2. The van der Waals surface area contributed by atoms with Crippen molar-refractivity contribution in [3.05, 3.63) is 17.1 Å². The lowest BCUT2D eigenvalue weighted by molar-refractivity contribution is 0.109. The molecule has 1 aromatic rings. The van der Waals surface area contributed by atoms with Gasteiger partial charge in [-0.05, 0) is 12.8 Å². The lowest BCUT2D eigenvalue weighted by atomic mass is 10.1. The highest BCUT2D eigenvalue weighted by molar-refractivity contribution is 7.99. The van der Waals surface area contributed by atoms with Crippen molar-refractivity contribution < 1.29 is 4.74 Å². The molecule has 3 rings (SSSR count). The molecule has 5 nitrogen and oxygen atoms in total. The van der Waals surface area contributed by atoms with Gasteiger partial charge in [0.2, 0.25) is 0 Å². The number of fused-ring (bicyclic) bond motifs is 1.